The second-order valence-corrected chi connectivity index (χ2v) is 1.99. The molecule has 0 aromatic carbocycles. The van der Waals surface area contributed by atoms with E-state index in [1.54, 1.807) is 13.3 Å². The molecule has 0 aromatic rings. The lowest BCUT2D eigenvalue weighted by atomic mass is 10.1. The molecule has 50 valence electrons. The van der Waals surface area contributed by atoms with E-state index in [2.05, 4.69) is 13.5 Å². The van der Waals surface area contributed by atoms with Gasteiger partial charge >= 0.3 is 0 Å². The molecule has 0 heterocycles. The molecule has 0 atom stereocenters. The first-order valence-corrected chi connectivity index (χ1v) is 3.00. The Morgan fingerprint density at radius 2 is 2.22 bits per heavy atom. The minimum absolute atomic E-state index is 0.0404. The van der Waals surface area contributed by atoms with Gasteiger partial charge in [0.25, 0.3) is 0 Å². The molecule has 0 saturated heterocycles. The fraction of sp³-hybridized carbons (Fsp3) is 0.375. The lowest BCUT2D eigenvalue weighted by Gasteiger charge is -1.94. The summed E-state index contributed by atoms with van der Waals surface area (Å²) in [6, 6.07) is 0. The molecule has 2 radical (unpaired) electrons. The molecule has 0 aliphatic rings. The smallest absolute Gasteiger partial charge is 0.161 e. The molecule has 1 heteroatoms. The van der Waals surface area contributed by atoms with Crippen LogP contribution in [0.1, 0.15) is 19.8 Å². The molecular formula is C8H12O. The molecule has 0 saturated carbocycles. The van der Waals surface area contributed by atoms with Crippen LogP contribution in [0.3, 0.4) is 0 Å². The SMILES string of the molecule is [CH2]CC[CH]C(=O)C(=C)C. The van der Waals surface area contributed by atoms with E-state index in [4.69, 9.17) is 0 Å². The number of hydrogen-bond donors (Lipinski definition) is 0. The zero-order chi connectivity index (χ0) is 7.28. The summed E-state index contributed by atoms with van der Waals surface area (Å²) in [4.78, 5) is 10.7. The van der Waals surface area contributed by atoms with Gasteiger partial charge in [-0.15, -0.1) is 0 Å². The summed E-state index contributed by atoms with van der Waals surface area (Å²) in [7, 11) is 0. The van der Waals surface area contributed by atoms with Crippen LogP contribution >= 0.6 is 0 Å². The number of allylic oxidation sites excluding steroid dienone is 1. The summed E-state index contributed by atoms with van der Waals surface area (Å²) in [5.74, 6) is 0.0404. The molecule has 0 amide bonds. The average molecular weight is 124 g/mol. The highest BCUT2D eigenvalue weighted by Crippen LogP contribution is 1.99. The zero-order valence-corrected chi connectivity index (χ0v) is 5.81. The van der Waals surface area contributed by atoms with E-state index in [-0.39, 0.29) is 5.78 Å². The summed E-state index contributed by atoms with van der Waals surface area (Å²) >= 11 is 0. The maximum atomic E-state index is 10.7. The number of Topliss-reactive ketones (excluding diaryl/α,β-unsaturated/α-hetero) is 1. The average Bonchev–Trinajstić information content (AvgIpc) is 1.82. The third-order valence-electron chi connectivity index (χ3n) is 0.954. The van der Waals surface area contributed by atoms with Crippen molar-refractivity contribution in [3.8, 4) is 0 Å². The van der Waals surface area contributed by atoms with Gasteiger partial charge < -0.3 is 0 Å². The Balaban J connectivity index is 3.39. The summed E-state index contributed by atoms with van der Waals surface area (Å²) in [6.45, 7) is 8.82. The van der Waals surface area contributed by atoms with Crippen LogP contribution < -0.4 is 0 Å². The molecule has 0 aliphatic heterocycles. The topological polar surface area (TPSA) is 17.1 Å². The number of carbonyl (C=O) groups excluding carboxylic acids is 1. The monoisotopic (exact) mass is 124 g/mol. The number of hydrogen-bond acceptors (Lipinski definition) is 1. The molecule has 0 bridgehead atoms. The second-order valence-electron chi connectivity index (χ2n) is 1.99. The maximum Gasteiger partial charge on any atom is 0.161 e. The van der Waals surface area contributed by atoms with Gasteiger partial charge in [-0.2, -0.15) is 0 Å². The van der Waals surface area contributed by atoms with E-state index >= 15 is 0 Å². The van der Waals surface area contributed by atoms with Crippen LogP contribution in [0.2, 0.25) is 0 Å². The van der Waals surface area contributed by atoms with Crippen LogP contribution in [0.25, 0.3) is 0 Å². The number of carbonyl (C=O) groups is 1. The first-order chi connectivity index (χ1) is 4.18. The molecule has 0 rings (SSSR count). The van der Waals surface area contributed by atoms with Gasteiger partial charge in [0.1, 0.15) is 0 Å². The predicted octanol–water partition coefficient (Wildman–Crippen LogP) is 1.95. The van der Waals surface area contributed by atoms with E-state index in [1.165, 1.54) is 0 Å². The van der Waals surface area contributed by atoms with Gasteiger partial charge in [-0.25, -0.2) is 0 Å². The van der Waals surface area contributed by atoms with E-state index in [9.17, 15) is 4.79 Å². The third kappa shape index (κ3) is 3.95. The quantitative estimate of drug-likeness (QED) is 0.523. The molecule has 9 heavy (non-hydrogen) atoms. The lowest BCUT2D eigenvalue weighted by molar-refractivity contribution is -0.112. The van der Waals surface area contributed by atoms with Crippen LogP contribution in [-0.2, 0) is 4.79 Å². The second kappa shape index (κ2) is 4.30. The Morgan fingerprint density at radius 1 is 1.67 bits per heavy atom. The minimum atomic E-state index is 0.0404. The molecule has 0 fully saturated rings. The van der Waals surface area contributed by atoms with Crippen LogP contribution in [0.5, 0.6) is 0 Å². The third-order valence-corrected chi connectivity index (χ3v) is 0.954. The zero-order valence-electron chi connectivity index (χ0n) is 5.81. The molecule has 0 spiro atoms. The van der Waals surface area contributed by atoms with Gasteiger partial charge in [0.05, 0.1) is 0 Å². The Bertz CT molecular complexity index is 114. The Labute approximate surface area is 56.8 Å². The van der Waals surface area contributed by atoms with Gasteiger partial charge in [0.2, 0.25) is 0 Å². The van der Waals surface area contributed by atoms with Gasteiger partial charge in [-0.3, -0.25) is 4.79 Å². The van der Waals surface area contributed by atoms with Crippen LogP contribution in [0.4, 0.5) is 0 Å². The number of rotatable bonds is 4. The normalized spacial score (nSPS) is 9.11. The highest BCUT2D eigenvalue weighted by atomic mass is 16.1. The van der Waals surface area contributed by atoms with Crippen molar-refractivity contribution >= 4 is 5.78 Å². The van der Waals surface area contributed by atoms with Gasteiger partial charge in [-0.05, 0) is 18.9 Å². The van der Waals surface area contributed by atoms with Crippen molar-refractivity contribution in [3.05, 3.63) is 25.5 Å². The van der Waals surface area contributed by atoms with E-state index < -0.39 is 0 Å². The van der Waals surface area contributed by atoms with E-state index in [1.807, 2.05) is 0 Å². The lowest BCUT2D eigenvalue weighted by Crippen LogP contribution is -1.97. The van der Waals surface area contributed by atoms with Crippen LogP contribution in [-0.4, -0.2) is 5.78 Å². The number of ketones is 1. The van der Waals surface area contributed by atoms with Gasteiger partial charge in [-0.1, -0.05) is 19.9 Å². The van der Waals surface area contributed by atoms with Gasteiger partial charge in [0, 0.05) is 6.42 Å². The fourth-order valence-corrected chi connectivity index (χ4v) is 0.407. The molecular weight excluding hydrogens is 112 g/mol. The standard InChI is InChI=1S/C8H12O/c1-4-5-6-8(9)7(2)3/h6H,1-2,4-5H2,3H3. The van der Waals surface area contributed by atoms with Crippen molar-refractivity contribution in [3.63, 3.8) is 0 Å². The fourth-order valence-electron chi connectivity index (χ4n) is 0.407. The summed E-state index contributed by atoms with van der Waals surface area (Å²) in [5.41, 5.74) is 0.600. The van der Waals surface area contributed by atoms with Gasteiger partial charge in [0.15, 0.2) is 5.78 Å². The van der Waals surface area contributed by atoms with Crippen molar-refractivity contribution in [2.24, 2.45) is 0 Å². The largest absolute Gasteiger partial charge is 0.294 e. The first kappa shape index (κ1) is 8.41. The summed E-state index contributed by atoms with van der Waals surface area (Å²) in [5, 5.41) is 0. The van der Waals surface area contributed by atoms with Crippen molar-refractivity contribution in [1.29, 1.82) is 0 Å². The minimum Gasteiger partial charge on any atom is -0.294 e. The van der Waals surface area contributed by atoms with Crippen molar-refractivity contribution in [2.75, 3.05) is 0 Å². The Morgan fingerprint density at radius 3 is 2.56 bits per heavy atom. The van der Waals surface area contributed by atoms with Crippen LogP contribution in [0, 0.1) is 13.3 Å². The van der Waals surface area contributed by atoms with E-state index in [0.717, 1.165) is 12.8 Å². The highest BCUT2D eigenvalue weighted by molar-refractivity contribution is 6.00. The Hall–Kier alpha value is -0.590. The van der Waals surface area contributed by atoms with Crippen LogP contribution in [0.15, 0.2) is 12.2 Å². The highest BCUT2D eigenvalue weighted by Gasteiger charge is 1.99. The predicted molar refractivity (Wildman–Crippen MR) is 38.7 cm³/mol. The summed E-state index contributed by atoms with van der Waals surface area (Å²) < 4.78 is 0. The Kier molecular flexibility index (Phi) is 4.02. The molecule has 0 N–H and O–H groups in total. The van der Waals surface area contributed by atoms with Crippen molar-refractivity contribution in [2.45, 2.75) is 19.8 Å². The van der Waals surface area contributed by atoms with E-state index in [0.29, 0.717) is 5.57 Å². The van der Waals surface area contributed by atoms with Crippen molar-refractivity contribution in [1.82, 2.24) is 0 Å². The molecule has 1 nitrogen and oxygen atoms in total. The molecule has 0 aromatic heterocycles. The molecule has 0 aliphatic carbocycles. The maximum absolute atomic E-state index is 10.7. The van der Waals surface area contributed by atoms with Crippen molar-refractivity contribution < 1.29 is 4.79 Å². The summed E-state index contributed by atoms with van der Waals surface area (Å²) in [6.07, 6.45) is 3.15. The molecule has 0 unspecified atom stereocenters. The first-order valence-electron chi connectivity index (χ1n) is 3.00. The number of unbranched alkanes of at least 4 members (excludes halogenated alkanes) is 1.